The van der Waals surface area contributed by atoms with Gasteiger partial charge in [0.25, 0.3) is 5.91 Å². The molecular formula is C13H9F3N6O. The Bertz CT molecular complexity index is 889. The lowest BCUT2D eigenvalue weighted by Gasteiger charge is -2.09. The summed E-state index contributed by atoms with van der Waals surface area (Å²) in [6.45, 7) is 1.35. The Labute approximate surface area is 127 Å². The molecule has 0 atom stereocenters. The predicted octanol–water partition coefficient (Wildman–Crippen LogP) is 2.10. The average Bonchev–Trinajstić information content (AvgIpc) is 2.95. The maximum atomic E-state index is 12.7. The van der Waals surface area contributed by atoms with Gasteiger partial charge in [-0.3, -0.25) is 4.79 Å². The van der Waals surface area contributed by atoms with Gasteiger partial charge >= 0.3 is 6.18 Å². The van der Waals surface area contributed by atoms with Gasteiger partial charge in [0.05, 0.1) is 6.20 Å². The summed E-state index contributed by atoms with van der Waals surface area (Å²) in [7, 11) is 0. The van der Waals surface area contributed by atoms with Crippen molar-refractivity contribution in [1.82, 2.24) is 24.6 Å². The zero-order valence-electron chi connectivity index (χ0n) is 11.7. The first-order valence-electron chi connectivity index (χ1n) is 6.37. The molecule has 0 spiro atoms. The van der Waals surface area contributed by atoms with E-state index in [0.717, 1.165) is 0 Å². The van der Waals surface area contributed by atoms with Crippen molar-refractivity contribution >= 4 is 17.2 Å². The number of anilines is 1. The summed E-state index contributed by atoms with van der Waals surface area (Å²) in [5, 5.41) is 6.40. The number of fused-ring (bicyclic) bond motifs is 1. The van der Waals surface area contributed by atoms with Crippen LogP contribution >= 0.6 is 0 Å². The second-order valence-corrected chi connectivity index (χ2v) is 4.61. The monoisotopic (exact) mass is 322 g/mol. The molecule has 0 unspecified atom stereocenters. The first-order chi connectivity index (χ1) is 10.8. The minimum atomic E-state index is -4.73. The van der Waals surface area contributed by atoms with E-state index in [2.05, 4.69) is 25.4 Å². The fourth-order valence-corrected chi connectivity index (χ4v) is 1.94. The predicted molar refractivity (Wildman–Crippen MR) is 72.7 cm³/mol. The van der Waals surface area contributed by atoms with E-state index >= 15 is 0 Å². The Balaban J connectivity index is 1.95. The van der Waals surface area contributed by atoms with Crippen molar-refractivity contribution in [2.75, 3.05) is 5.32 Å². The molecule has 3 heterocycles. The van der Waals surface area contributed by atoms with Crippen LogP contribution in [-0.2, 0) is 6.18 Å². The van der Waals surface area contributed by atoms with Crippen LogP contribution in [0.5, 0.6) is 0 Å². The number of carbonyl (C=O) groups is 1. The maximum absolute atomic E-state index is 12.7. The van der Waals surface area contributed by atoms with Crippen LogP contribution in [0.1, 0.15) is 22.0 Å². The molecule has 0 aliphatic carbocycles. The molecule has 23 heavy (non-hydrogen) atoms. The number of nitrogens with zero attached hydrogens (tertiary/aromatic N) is 5. The second-order valence-electron chi connectivity index (χ2n) is 4.61. The maximum Gasteiger partial charge on any atom is 0.451 e. The fraction of sp³-hybridized carbons (Fsp3) is 0.154. The van der Waals surface area contributed by atoms with Crippen molar-refractivity contribution in [3.05, 3.63) is 47.9 Å². The molecule has 3 rings (SSSR count). The van der Waals surface area contributed by atoms with E-state index in [0.29, 0.717) is 5.52 Å². The van der Waals surface area contributed by atoms with Crippen molar-refractivity contribution in [2.24, 2.45) is 0 Å². The normalized spacial score (nSPS) is 11.7. The lowest BCUT2D eigenvalue weighted by atomic mass is 10.3. The van der Waals surface area contributed by atoms with Crippen molar-refractivity contribution in [2.45, 2.75) is 13.1 Å². The van der Waals surface area contributed by atoms with Gasteiger partial charge in [-0.05, 0) is 19.1 Å². The molecule has 0 fully saturated rings. The molecule has 0 aromatic carbocycles. The van der Waals surface area contributed by atoms with E-state index in [9.17, 15) is 18.0 Å². The quantitative estimate of drug-likeness (QED) is 0.781. The topological polar surface area (TPSA) is 85.1 Å². The minimum absolute atomic E-state index is 0.0352. The zero-order valence-corrected chi connectivity index (χ0v) is 11.7. The molecule has 118 valence electrons. The molecule has 0 aliphatic rings. The standard InChI is InChI=1S/C13H9F3N6O/c1-7-6-8(20-12(19-7)13(14,15)16)11(23)21-10-9-2-3-18-22(9)5-4-17-10/h2-6H,1H3,(H,17,21,23). The summed E-state index contributed by atoms with van der Waals surface area (Å²) in [5.74, 6) is -2.01. The van der Waals surface area contributed by atoms with Gasteiger partial charge < -0.3 is 5.32 Å². The van der Waals surface area contributed by atoms with E-state index in [4.69, 9.17) is 0 Å². The summed E-state index contributed by atoms with van der Waals surface area (Å²) in [4.78, 5) is 22.7. The molecular weight excluding hydrogens is 313 g/mol. The molecule has 1 amide bonds. The summed E-state index contributed by atoms with van der Waals surface area (Å²) in [6, 6.07) is 2.77. The van der Waals surface area contributed by atoms with Gasteiger partial charge in [-0.15, -0.1) is 0 Å². The molecule has 0 radical (unpaired) electrons. The van der Waals surface area contributed by atoms with Gasteiger partial charge in [0.2, 0.25) is 5.82 Å². The van der Waals surface area contributed by atoms with Crippen LogP contribution in [0, 0.1) is 6.92 Å². The number of rotatable bonds is 2. The molecule has 3 aromatic heterocycles. The van der Waals surface area contributed by atoms with Gasteiger partial charge in [0.15, 0.2) is 5.82 Å². The van der Waals surface area contributed by atoms with Crippen molar-refractivity contribution in [3.8, 4) is 0 Å². The van der Waals surface area contributed by atoms with Crippen LogP contribution in [0.4, 0.5) is 19.0 Å². The second kappa shape index (κ2) is 5.30. The van der Waals surface area contributed by atoms with Crippen LogP contribution < -0.4 is 5.32 Å². The van der Waals surface area contributed by atoms with Crippen molar-refractivity contribution < 1.29 is 18.0 Å². The molecule has 1 N–H and O–H groups in total. The van der Waals surface area contributed by atoms with Gasteiger partial charge in [0, 0.05) is 18.1 Å². The van der Waals surface area contributed by atoms with Gasteiger partial charge in [0.1, 0.15) is 11.2 Å². The number of alkyl halides is 3. The van der Waals surface area contributed by atoms with Gasteiger partial charge in [-0.25, -0.2) is 19.5 Å². The Morgan fingerprint density at radius 2 is 2.04 bits per heavy atom. The van der Waals surface area contributed by atoms with Crippen LogP contribution in [0.3, 0.4) is 0 Å². The van der Waals surface area contributed by atoms with Crippen LogP contribution in [0.2, 0.25) is 0 Å². The zero-order chi connectivity index (χ0) is 16.6. The number of hydrogen-bond acceptors (Lipinski definition) is 5. The highest BCUT2D eigenvalue weighted by molar-refractivity contribution is 6.04. The van der Waals surface area contributed by atoms with Crippen molar-refractivity contribution in [1.29, 1.82) is 0 Å². The highest BCUT2D eigenvalue weighted by atomic mass is 19.4. The molecule has 3 aromatic rings. The average molecular weight is 322 g/mol. The summed E-state index contributed by atoms with van der Waals surface area (Å²) >= 11 is 0. The third-order valence-corrected chi connectivity index (χ3v) is 2.90. The highest BCUT2D eigenvalue weighted by Gasteiger charge is 2.35. The van der Waals surface area contributed by atoms with Crippen LogP contribution in [-0.4, -0.2) is 30.5 Å². The summed E-state index contributed by atoms with van der Waals surface area (Å²) < 4.78 is 39.6. The number of nitrogens with one attached hydrogen (secondary N) is 1. The van der Waals surface area contributed by atoms with E-state index in [-0.39, 0.29) is 11.5 Å². The Hall–Kier alpha value is -3.04. The first-order valence-corrected chi connectivity index (χ1v) is 6.37. The Morgan fingerprint density at radius 1 is 1.26 bits per heavy atom. The van der Waals surface area contributed by atoms with E-state index in [1.54, 1.807) is 12.3 Å². The number of amides is 1. The lowest BCUT2D eigenvalue weighted by molar-refractivity contribution is -0.145. The van der Waals surface area contributed by atoms with Gasteiger partial charge in [-0.1, -0.05) is 0 Å². The third kappa shape index (κ3) is 2.96. The fourth-order valence-electron chi connectivity index (χ4n) is 1.94. The number of halogens is 3. The lowest BCUT2D eigenvalue weighted by Crippen LogP contribution is -2.20. The molecule has 10 heteroatoms. The molecule has 0 saturated heterocycles. The van der Waals surface area contributed by atoms with E-state index in [1.807, 2.05) is 0 Å². The minimum Gasteiger partial charge on any atom is -0.303 e. The number of aryl methyl sites for hydroxylation is 1. The number of aromatic nitrogens is 5. The van der Waals surface area contributed by atoms with Gasteiger partial charge in [-0.2, -0.15) is 18.3 Å². The van der Waals surface area contributed by atoms with Crippen molar-refractivity contribution in [3.63, 3.8) is 0 Å². The summed E-state index contributed by atoms with van der Waals surface area (Å²) in [5.41, 5.74) is 0.142. The molecule has 7 nitrogen and oxygen atoms in total. The van der Waals surface area contributed by atoms with E-state index < -0.39 is 23.6 Å². The molecule has 0 aliphatic heterocycles. The first kappa shape index (κ1) is 14.9. The SMILES string of the molecule is Cc1cc(C(=O)Nc2nccn3nccc23)nc(C(F)(F)F)n1. The third-order valence-electron chi connectivity index (χ3n) is 2.90. The molecule has 0 bridgehead atoms. The molecule has 0 saturated carbocycles. The summed E-state index contributed by atoms with van der Waals surface area (Å²) in [6.07, 6.45) is -0.252. The number of carbonyl (C=O) groups excluding carboxylic acids is 1. The van der Waals surface area contributed by atoms with Crippen LogP contribution in [0.15, 0.2) is 30.7 Å². The largest absolute Gasteiger partial charge is 0.451 e. The number of hydrogen-bond donors (Lipinski definition) is 1. The Morgan fingerprint density at radius 3 is 2.78 bits per heavy atom. The smallest absolute Gasteiger partial charge is 0.303 e. The highest BCUT2D eigenvalue weighted by Crippen LogP contribution is 2.26. The van der Waals surface area contributed by atoms with Crippen LogP contribution in [0.25, 0.3) is 5.52 Å². The van der Waals surface area contributed by atoms with E-state index in [1.165, 1.54) is 29.9 Å². The Kier molecular flexibility index (Phi) is 3.43.